The number of hydrogen-bond donors (Lipinski definition) is 2. The first kappa shape index (κ1) is 22.0. The number of halogens is 2. The van der Waals surface area contributed by atoms with E-state index in [1.165, 1.54) is 6.26 Å². The third-order valence-electron chi connectivity index (χ3n) is 5.19. The number of piperazine rings is 1. The molecule has 0 saturated carbocycles. The average Bonchev–Trinajstić information content (AvgIpc) is 2.68. The van der Waals surface area contributed by atoms with Crippen LogP contribution in [0.1, 0.15) is 18.0 Å². The molecule has 2 aromatic rings. The molecule has 0 aliphatic carbocycles. The topological polar surface area (TPSA) is 70.7 Å². The van der Waals surface area contributed by atoms with E-state index in [4.69, 9.17) is 16.3 Å². The normalized spacial score (nSPS) is 19.0. The van der Waals surface area contributed by atoms with Crippen LogP contribution in [0.3, 0.4) is 0 Å². The highest BCUT2D eigenvalue weighted by Crippen LogP contribution is 2.38. The van der Waals surface area contributed by atoms with Gasteiger partial charge in [-0.1, -0.05) is 11.6 Å². The summed E-state index contributed by atoms with van der Waals surface area (Å²) >= 11 is 6.18. The van der Waals surface area contributed by atoms with Crippen molar-refractivity contribution in [2.75, 3.05) is 49.3 Å². The summed E-state index contributed by atoms with van der Waals surface area (Å²) in [5, 5.41) is 7.43. The van der Waals surface area contributed by atoms with Gasteiger partial charge in [0.15, 0.2) is 9.84 Å². The molecule has 0 spiro atoms. The number of rotatable bonds is 4. The average molecular weight is 458 g/mol. The van der Waals surface area contributed by atoms with Gasteiger partial charge in [-0.25, -0.2) is 8.42 Å². The van der Waals surface area contributed by atoms with Gasteiger partial charge in [0, 0.05) is 55.1 Å². The summed E-state index contributed by atoms with van der Waals surface area (Å²) in [6, 6.07) is 11.0. The summed E-state index contributed by atoms with van der Waals surface area (Å²) in [7, 11) is -3.37. The lowest BCUT2D eigenvalue weighted by atomic mass is 10.00. The lowest BCUT2D eigenvalue weighted by molar-refractivity contribution is 0.274. The van der Waals surface area contributed by atoms with Crippen molar-refractivity contribution in [2.24, 2.45) is 0 Å². The fourth-order valence-electron chi connectivity index (χ4n) is 3.78. The Morgan fingerprint density at radius 1 is 1.17 bits per heavy atom. The molecular formula is C20H25Cl2N3O3S. The Morgan fingerprint density at radius 3 is 2.66 bits per heavy atom. The first-order valence-corrected chi connectivity index (χ1v) is 11.7. The Labute approximate surface area is 182 Å². The molecular weight excluding hydrogens is 433 g/mol. The molecule has 0 aromatic heterocycles. The van der Waals surface area contributed by atoms with Crippen LogP contribution in [-0.2, 0) is 9.84 Å². The zero-order valence-corrected chi connectivity index (χ0v) is 18.5. The molecule has 1 atom stereocenters. The van der Waals surface area contributed by atoms with Crippen molar-refractivity contribution < 1.29 is 13.2 Å². The standard InChI is InChI=1S/C20H24ClN3O3S.ClH/c1-28(25,26)20-5-3-15(24-9-7-22-8-10-24)13-18(20)23-17-6-11-27-19-4-2-14(21)12-16(17)19;/h2-5,12-13,17,22-23H,6-11H2,1H3;1H. The summed E-state index contributed by atoms with van der Waals surface area (Å²) in [5.74, 6) is 0.785. The highest BCUT2D eigenvalue weighted by Gasteiger charge is 2.25. The summed E-state index contributed by atoms with van der Waals surface area (Å²) < 4.78 is 30.5. The quantitative estimate of drug-likeness (QED) is 0.731. The number of hydrogen-bond acceptors (Lipinski definition) is 6. The number of nitrogens with one attached hydrogen (secondary N) is 2. The molecule has 2 aromatic carbocycles. The molecule has 1 unspecified atom stereocenters. The van der Waals surface area contributed by atoms with E-state index in [0.29, 0.717) is 22.2 Å². The summed E-state index contributed by atoms with van der Waals surface area (Å²) in [6.45, 7) is 4.20. The fourth-order valence-corrected chi connectivity index (χ4v) is 4.79. The van der Waals surface area contributed by atoms with Gasteiger partial charge in [0.2, 0.25) is 0 Å². The number of fused-ring (bicyclic) bond motifs is 1. The predicted octanol–water partition coefficient (Wildman–Crippen LogP) is 3.51. The Balaban J connectivity index is 0.00000240. The van der Waals surface area contributed by atoms with Crippen molar-refractivity contribution in [1.82, 2.24) is 5.32 Å². The maximum Gasteiger partial charge on any atom is 0.177 e. The van der Waals surface area contributed by atoms with Crippen molar-refractivity contribution in [3.8, 4) is 5.75 Å². The minimum Gasteiger partial charge on any atom is -0.493 e. The van der Waals surface area contributed by atoms with E-state index >= 15 is 0 Å². The molecule has 6 nitrogen and oxygen atoms in total. The summed E-state index contributed by atoms with van der Waals surface area (Å²) in [5.41, 5.74) is 2.59. The Bertz CT molecular complexity index is 979. The van der Waals surface area contributed by atoms with Crippen LogP contribution in [0.4, 0.5) is 11.4 Å². The second-order valence-corrected chi connectivity index (χ2v) is 9.63. The highest BCUT2D eigenvalue weighted by molar-refractivity contribution is 7.90. The van der Waals surface area contributed by atoms with Crippen molar-refractivity contribution in [1.29, 1.82) is 0 Å². The van der Waals surface area contributed by atoms with E-state index in [1.54, 1.807) is 12.1 Å². The number of nitrogens with zero attached hydrogens (tertiary/aromatic N) is 1. The van der Waals surface area contributed by atoms with Crippen LogP contribution in [0.2, 0.25) is 5.02 Å². The van der Waals surface area contributed by atoms with E-state index in [0.717, 1.165) is 49.6 Å². The number of anilines is 2. The lowest BCUT2D eigenvalue weighted by Gasteiger charge is -2.31. The van der Waals surface area contributed by atoms with E-state index in [-0.39, 0.29) is 18.4 Å². The van der Waals surface area contributed by atoms with Crippen LogP contribution >= 0.6 is 24.0 Å². The molecule has 2 aliphatic rings. The number of ether oxygens (including phenoxy) is 1. The van der Waals surface area contributed by atoms with Crippen LogP contribution in [0.15, 0.2) is 41.3 Å². The van der Waals surface area contributed by atoms with Crippen molar-refractivity contribution in [3.05, 3.63) is 47.0 Å². The SMILES string of the molecule is CS(=O)(=O)c1ccc(N2CCNCC2)cc1NC1CCOc2ccc(Cl)cc21.Cl. The zero-order valence-electron chi connectivity index (χ0n) is 16.2. The third kappa shape index (κ3) is 4.91. The van der Waals surface area contributed by atoms with Crippen LogP contribution in [0, 0.1) is 0 Å². The molecule has 158 valence electrons. The molecule has 0 bridgehead atoms. The Kier molecular flexibility index (Phi) is 6.83. The van der Waals surface area contributed by atoms with Gasteiger partial charge in [0.1, 0.15) is 5.75 Å². The molecule has 2 aliphatic heterocycles. The number of sulfone groups is 1. The summed E-state index contributed by atoms with van der Waals surface area (Å²) in [4.78, 5) is 2.57. The molecule has 1 saturated heterocycles. The molecule has 29 heavy (non-hydrogen) atoms. The molecule has 1 fully saturated rings. The Hall–Kier alpha value is -1.67. The van der Waals surface area contributed by atoms with Crippen molar-refractivity contribution in [3.63, 3.8) is 0 Å². The minimum absolute atomic E-state index is 0. The van der Waals surface area contributed by atoms with Crippen LogP contribution in [-0.4, -0.2) is 47.5 Å². The molecule has 4 rings (SSSR count). The van der Waals surface area contributed by atoms with E-state index in [9.17, 15) is 8.42 Å². The molecule has 0 amide bonds. The van der Waals surface area contributed by atoms with E-state index < -0.39 is 9.84 Å². The second-order valence-electron chi connectivity index (χ2n) is 7.21. The second kappa shape index (κ2) is 9.00. The first-order valence-electron chi connectivity index (χ1n) is 9.40. The molecule has 0 radical (unpaired) electrons. The number of benzene rings is 2. The van der Waals surface area contributed by atoms with Gasteiger partial charge in [-0.3, -0.25) is 0 Å². The maximum atomic E-state index is 12.4. The minimum atomic E-state index is -3.37. The smallest absolute Gasteiger partial charge is 0.177 e. The van der Waals surface area contributed by atoms with E-state index in [2.05, 4.69) is 15.5 Å². The Morgan fingerprint density at radius 2 is 1.93 bits per heavy atom. The van der Waals surface area contributed by atoms with Gasteiger partial charge in [-0.05, 0) is 36.4 Å². The monoisotopic (exact) mass is 457 g/mol. The molecule has 2 N–H and O–H groups in total. The van der Waals surface area contributed by atoms with Gasteiger partial charge >= 0.3 is 0 Å². The zero-order chi connectivity index (χ0) is 19.7. The summed E-state index contributed by atoms with van der Waals surface area (Å²) in [6.07, 6.45) is 1.97. The van der Waals surface area contributed by atoms with Crippen LogP contribution < -0.4 is 20.3 Å². The van der Waals surface area contributed by atoms with Gasteiger partial charge in [-0.2, -0.15) is 0 Å². The third-order valence-corrected chi connectivity index (χ3v) is 6.58. The maximum absolute atomic E-state index is 12.4. The van der Waals surface area contributed by atoms with Crippen LogP contribution in [0.25, 0.3) is 0 Å². The molecule has 2 heterocycles. The van der Waals surface area contributed by atoms with Gasteiger partial charge in [-0.15, -0.1) is 12.4 Å². The lowest BCUT2D eigenvalue weighted by Crippen LogP contribution is -2.43. The molecule has 9 heteroatoms. The van der Waals surface area contributed by atoms with Gasteiger partial charge < -0.3 is 20.3 Å². The largest absolute Gasteiger partial charge is 0.493 e. The first-order chi connectivity index (χ1) is 13.4. The van der Waals surface area contributed by atoms with Crippen molar-refractivity contribution >= 4 is 45.2 Å². The fraction of sp³-hybridized carbons (Fsp3) is 0.400. The van der Waals surface area contributed by atoms with Crippen LogP contribution in [0.5, 0.6) is 5.75 Å². The highest BCUT2D eigenvalue weighted by atomic mass is 35.5. The van der Waals surface area contributed by atoms with Gasteiger partial charge in [0.05, 0.1) is 23.2 Å². The van der Waals surface area contributed by atoms with Gasteiger partial charge in [0.25, 0.3) is 0 Å². The van der Waals surface area contributed by atoms with Crippen molar-refractivity contribution in [2.45, 2.75) is 17.4 Å². The van der Waals surface area contributed by atoms with E-state index in [1.807, 2.05) is 24.3 Å². The predicted molar refractivity (Wildman–Crippen MR) is 120 cm³/mol.